The Hall–Kier alpha value is -3.35. The molecule has 1 heterocycles. The lowest BCUT2D eigenvalue weighted by Crippen LogP contribution is -2.18. The third-order valence-electron chi connectivity index (χ3n) is 3.81. The van der Waals surface area contributed by atoms with Crippen LogP contribution in [-0.4, -0.2) is 24.9 Å². The van der Waals surface area contributed by atoms with Crippen molar-refractivity contribution in [2.75, 3.05) is 12.4 Å². The van der Waals surface area contributed by atoms with E-state index in [-0.39, 0.29) is 12.3 Å². The molecule has 1 unspecified atom stereocenters. The Morgan fingerprint density at radius 1 is 1.12 bits per heavy atom. The molecule has 25 heavy (non-hydrogen) atoms. The molecule has 0 saturated carbocycles. The average molecular weight is 337 g/mol. The number of methoxy groups -OCH3 is 1. The van der Waals surface area contributed by atoms with Crippen LogP contribution >= 0.6 is 0 Å². The van der Waals surface area contributed by atoms with E-state index in [1.165, 1.54) is 7.11 Å². The average Bonchev–Trinajstić information content (AvgIpc) is 2.64. The maximum atomic E-state index is 12.3. The monoisotopic (exact) mass is 337 g/mol. The van der Waals surface area contributed by atoms with Crippen LogP contribution in [-0.2, 0) is 9.53 Å². The number of benzene rings is 2. The van der Waals surface area contributed by atoms with E-state index in [1.54, 1.807) is 48.5 Å². The summed E-state index contributed by atoms with van der Waals surface area (Å²) in [5.74, 6) is -1.11. The molecule has 2 aromatic carbocycles. The minimum Gasteiger partial charge on any atom is -0.465 e. The van der Waals surface area contributed by atoms with Gasteiger partial charge in [-0.15, -0.1) is 5.11 Å². The van der Waals surface area contributed by atoms with E-state index in [1.807, 2.05) is 0 Å². The predicted octanol–water partition coefficient (Wildman–Crippen LogP) is 3.15. The van der Waals surface area contributed by atoms with Gasteiger partial charge in [0.05, 0.1) is 19.1 Å². The van der Waals surface area contributed by atoms with Gasteiger partial charge in [0.25, 0.3) is 5.91 Å². The first-order chi connectivity index (χ1) is 12.1. The van der Waals surface area contributed by atoms with Crippen molar-refractivity contribution in [3.05, 3.63) is 65.2 Å². The number of carbonyl (C=O) groups is 3. The zero-order valence-electron chi connectivity index (χ0n) is 13.4. The van der Waals surface area contributed by atoms with Crippen LogP contribution in [0.1, 0.15) is 38.7 Å². The molecule has 1 aliphatic heterocycles. The molecule has 1 N–H and O–H groups in total. The van der Waals surface area contributed by atoms with Gasteiger partial charge in [-0.05, 0) is 35.9 Å². The number of nitrogens with zero attached hydrogens (tertiary/aromatic N) is 2. The molecule has 126 valence electrons. The van der Waals surface area contributed by atoms with E-state index in [0.717, 1.165) is 0 Å². The first-order valence-corrected chi connectivity index (χ1v) is 7.61. The van der Waals surface area contributed by atoms with Gasteiger partial charge < -0.3 is 10.1 Å². The number of hydrogen-bond acceptors (Lipinski definition) is 5. The first kappa shape index (κ1) is 16.5. The Labute approximate surface area is 143 Å². The van der Waals surface area contributed by atoms with Crippen molar-refractivity contribution in [1.29, 1.82) is 0 Å². The Balaban J connectivity index is 1.68. The third kappa shape index (κ3) is 3.60. The molecule has 1 aliphatic rings. The summed E-state index contributed by atoms with van der Waals surface area (Å²) in [6, 6.07) is 12.9. The minimum atomic E-state index is -0.497. The van der Waals surface area contributed by atoms with Crippen molar-refractivity contribution in [3.8, 4) is 0 Å². The van der Waals surface area contributed by atoms with Crippen molar-refractivity contribution in [2.24, 2.45) is 10.2 Å². The highest BCUT2D eigenvalue weighted by Gasteiger charge is 2.25. The number of nitrogens with one attached hydrogen (secondary N) is 1. The fraction of sp³-hybridized carbons (Fsp3) is 0.167. The van der Waals surface area contributed by atoms with Gasteiger partial charge in [-0.25, -0.2) is 4.79 Å². The standard InChI is InChI=1S/C18H15N3O4/c1-25-18(24)11-6-8-12(9-7-11)19-16(22)10-15-13-4-2-3-5-14(13)17(23)21-20-15/h2-9,15H,10H2,1H3,(H,19,22). The summed E-state index contributed by atoms with van der Waals surface area (Å²) < 4.78 is 4.62. The number of carbonyl (C=O) groups excluding carboxylic acids is 3. The number of hydrogen-bond donors (Lipinski definition) is 1. The van der Waals surface area contributed by atoms with Crippen LogP contribution < -0.4 is 5.32 Å². The number of fused-ring (bicyclic) bond motifs is 1. The molecular formula is C18H15N3O4. The highest BCUT2D eigenvalue weighted by Crippen LogP contribution is 2.30. The van der Waals surface area contributed by atoms with Gasteiger partial charge in [0.1, 0.15) is 6.04 Å². The van der Waals surface area contributed by atoms with Crippen LogP contribution in [0.2, 0.25) is 0 Å². The fourth-order valence-corrected chi connectivity index (χ4v) is 2.57. The number of amides is 2. The predicted molar refractivity (Wildman–Crippen MR) is 89.4 cm³/mol. The van der Waals surface area contributed by atoms with Crippen LogP contribution in [0, 0.1) is 0 Å². The molecular weight excluding hydrogens is 322 g/mol. The van der Waals surface area contributed by atoms with E-state index < -0.39 is 17.9 Å². The summed E-state index contributed by atoms with van der Waals surface area (Å²) in [6.45, 7) is 0. The van der Waals surface area contributed by atoms with E-state index >= 15 is 0 Å². The molecule has 7 nitrogen and oxygen atoms in total. The molecule has 3 rings (SSSR count). The Morgan fingerprint density at radius 2 is 1.84 bits per heavy atom. The van der Waals surface area contributed by atoms with E-state index in [4.69, 9.17) is 0 Å². The van der Waals surface area contributed by atoms with Crippen molar-refractivity contribution in [2.45, 2.75) is 12.5 Å². The lowest BCUT2D eigenvalue weighted by atomic mass is 9.97. The van der Waals surface area contributed by atoms with Gasteiger partial charge in [-0.1, -0.05) is 18.2 Å². The van der Waals surface area contributed by atoms with Gasteiger partial charge in [0.2, 0.25) is 5.91 Å². The lowest BCUT2D eigenvalue weighted by molar-refractivity contribution is -0.116. The number of rotatable bonds is 4. The first-order valence-electron chi connectivity index (χ1n) is 7.61. The van der Waals surface area contributed by atoms with Crippen molar-refractivity contribution in [3.63, 3.8) is 0 Å². The molecule has 0 fully saturated rings. The molecule has 1 atom stereocenters. The van der Waals surface area contributed by atoms with E-state index in [9.17, 15) is 14.4 Å². The second-order valence-corrected chi connectivity index (χ2v) is 5.44. The Bertz CT molecular complexity index is 859. The summed E-state index contributed by atoms with van der Waals surface area (Å²) in [5, 5.41) is 10.3. The zero-order valence-corrected chi connectivity index (χ0v) is 13.4. The number of ether oxygens (including phenoxy) is 1. The summed E-state index contributed by atoms with van der Waals surface area (Å²) in [4.78, 5) is 35.4. The molecule has 7 heteroatoms. The molecule has 0 saturated heterocycles. The molecule has 2 amide bonds. The normalized spacial score (nSPS) is 15.4. The summed E-state index contributed by atoms with van der Waals surface area (Å²) in [6.07, 6.45) is 0.0621. The maximum Gasteiger partial charge on any atom is 0.337 e. The van der Waals surface area contributed by atoms with Crippen molar-refractivity contribution >= 4 is 23.5 Å². The fourth-order valence-electron chi connectivity index (χ4n) is 2.57. The zero-order chi connectivity index (χ0) is 17.8. The van der Waals surface area contributed by atoms with Crippen LogP contribution in [0.3, 0.4) is 0 Å². The third-order valence-corrected chi connectivity index (χ3v) is 3.81. The molecule has 0 aliphatic carbocycles. The van der Waals surface area contributed by atoms with Gasteiger partial charge in [-0.3, -0.25) is 9.59 Å². The molecule has 0 bridgehead atoms. The molecule has 0 radical (unpaired) electrons. The smallest absolute Gasteiger partial charge is 0.337 e. The Kier molecular flexibility index (Phi) is 4.65. The molecule has 2 aromatic rings. The van der Waals surface area contributed by atoms with Gasteiger partial charge in [-0.2, -0.15) is 5.11 Å². The highest BCUT2D eigenvalue weighted by molar-refractivity contribution is 5.98. The van der Waals surface area contributed by atoms with Crippen molar-refractivity contribution in [1.82, 2.24) is 0 Å². The largest absolute Gasteiger partial charge is 0.465 e. The van der Waals surface area contributed by atoms with Crippen LogP contribution in [0.15, 0.2) is 58.8 Å². The van der Waals surface area contributed by atoms with Gasteiger partial charge in [0, 0.05) is 11.3 Å². The maximum absolute atomic E-state index is 12.3. The van der Waals surface area contributed by atoms with E-state index in [0.29, 0.717) is 22.4 Å². The Morgan fingerprint density at radius 3 is 2.56 bits per heavy atom. The van der Waals surface area contributed by atoms with Crippen LogP contribution in [0.4, 0.5) is 5.69 Å². The minimum absolute atomic E-state index is 0.0621. The SMILES string of the molecule is COC(=O)c1ccc(NC(=O)CC2N=NC(=O)c3ccccc32)cc1. The summed E-state index contributed by atoms with van der Waals surface area (Å²) in [5.41, 5.74) is 2.11. The second kappa shape index (κ2) is 7.04. The van der Waals surface area contributed by atoms with Gasteiger partial charge >= 0.3 is 5.97 Å². The summed E-state index contributed by atoms with van der Waals surface area (Å²) in [7, 11) is 1.30. The van der Waals surface area contributed by atoms with Crippen LogP contribution in [0.25, 0.3) is 0 Å². The lowest BCUT2D eigenvalue weighted by Gasteiger charge is -2.17. The molecule has 0 spiro atoms. The quantitative estimate of drug-likeness (QED) is 0.867. The molecule has 0 aromatic heterocycles. The number of azo groups is 1. The van der Waals surface area contributed by atoms with Crippen LogP contribution in [0.5, 0.6) is 0 Å². The van der Waals surface area contributed by atoms with E-state index in [2.05, 4.69) is 20.3 Å². The topological polar surface area (TPSA) is 97.2 Å². The highest BCUT2D eigenvalue weighted by atomic mass is 16.5. The second-order valence-electron chi connectivity index (χ2n) is 5.44. The number of anilines is 1. The van der Waals surface area contributed by atoms with Gasteiger partial charge in [0.15, 0.2) is 0 Å². The number of esters is 1. The van der Waals surface area contributed by atoms with Crippen molar-refractivity contribution < 1.29 is 19.1 Å². The summed E-state index contributed by atoms with van der Waals surface area (Å²) >= 11 is 0.